The zero-order valence-electron chi connectivity index (χ0n) is 14.7. The SMILES string of the molecule is Cc1cccc(NC(N)=NCCCN2CCc3ccccc3C2)c1.I. The van der Waals surface area contributed by atoms with Gasteiger partial charge in [0.15, 0.2) is 5.96 Å². The Bertz CT molecular complexity index is 714. The van der Waals surface area contributed by atoms with E-state index in [4.69, 9.17) is 5.73 Å². The Hall–Kier alpha value is -1.60. The maximum atomic E-state index is 5.96. The number of hydrogen-bond acceptors (Lipinski definition) is 2. The van der Waals surface area contributed by atoms with E-state index in [0.717, 1.165) is 44.7 Å². The molecular formula is C20H27IN4. The second-order valence-corrected chi connectivity index (χ2v) is 6.41. The minimum atomic E-state index is 0. The summed E-state index contributed by atoms with van der Waals surface area (Å²) in [6.07, 6.45) is 2.18. The molecule has 5 heteroatoms. The van der Waals surface area contributed by atoms with Crippen molar-refractivity contribution in [1.82, 2.24) is 4.90 Å². The van der Waals surface area contributed by atoms with Crippen LogP contribution in [-0.2, 0) is 13.0 Å². The Balaban J connectivity index is 0.00000225. The first-order valence-corrected chi connectivity index (χ1v) is 8.63. The molecule has 1 heterocycles. The molecule has 25 heavy (non-hydrogen) atoms. The monoisotopic (exact) mass is 450 g/mol. The van der Waals surface area contributed by atoms with E-state index in [0.29, 0.717) is 5.96 Å². The van der Waals surface area contributed by atoms with E-state index in [1.807, 2.05) is 12.1 Å². The van der Waals surface area contributed by atoms with E-state index in [1.54, 1.807) is 0 Å². The molecule has 0 amide bonds. The van der Waals surface area contributed by atoms with Gasteiger partial charge in [-0.05, 0) is 48.6 Å². The molecule has 0 saturated heterocycles. The molecule has 1 aliphatic rings. The number of anilines is 1. The zero-order chi connectivity index (χ0) is 16.8. The van der Waals surface area contributed by atoms with Crippen LogP contribution < -0.4 is 11.1 Å². The summed E-state index contributed by atoms with van der Waals surface area (Å²) in [6, 6.07) is 16.9. The van der Waals surface area contributed by atoms with Crippen molar-refractivity contribution in [3.05, 3.63) is 65.2 Å². The molecule has 0 saturated carbocycles. The Morgan fingerprint density at radius 3 is 2.76 bits per heavy atom. The van der Waals surface area contributed by atoms with E-state index >= 15 is 0 Å². The minimum Gasteiger partial charge on any atom is -0.370 e. The smallest absolute Gasteiger partial charge is 0.193 e. The number of guanidine groups is 1. The van der Waals surface area contributed by atoms with Crippen molar-refractivity contribution < 1.29 is 0 Å². The third-order valence-electron chi connectivity index (χ3n) is 4.41. The van der Waals surface area contributed by atoms with Crippen LogP contribution in [0.15, 0.2) is 53.5 Å². The van der Waals surface area contributed by atoms with Crippen molar-refractivity contribution in [2.24, 2.45) is 10.7 Å². The molecule has 2 aromatic rings. The van der Waals surface area contributed by atoms with Gasteiger partial charge in [0.2, 0.25) is 0 Å². The van der Waals surface area contributed by atoms with Crippen LogP contribution in [0.25, 0.3) is 0 Å². The molecule has 0 fully saturated rings. The number of nitrogens with two attached hydrogens (primary N) is 1. The van der Waals surface area contributed by atoms with E-state index in [-0.39, 0.29) is 24.0 Å². The molecule has 0 bridgehead atoms. The first-order valence-electron chi connectivity index (χ1n) is 8.63. The predicted octanol–water partition coefficient (Wildman–Crippen LogP) is 3.79. The Morgan fingerprint density at radius 2 is 1.96 bits per heavy atom. The lowest BCUT2D eigenvalue weighted by Gasteiger charge is -2.28. The highest BCUT2D eigenvalue weighted by Gasteiger charge is 2.14. The number of benzene rings is 2. The molecule has 3 N–H and O–H groups in total. The van der Waals surface area contributed by atoms with Crippen LogP contribution in [0.2, 0.25) is 0 Å². The summed E-state index contributed by atoms with van der Waals surface area (Å²) in [4.78, 5) is 6.94. The highest BCUT2D eigenvalue weighted by Crippen LogP contribution is 2.18. The first kappa shape index (κ1) is 19.7. The third-order valence-corrected chi connectivity index (χ3v) is 4.41. The van der Waals surface area contributed by atoms with Gasteiger partial charge >= 0.3 is 0 Å². The lowest BCUT2D eigenvalue weighted by atomic mass is 10.00. The van der Waals surface area contributed by atoms with Crippen LogP contribution in [0.5, 0.6) is 0 Å². The summed E-state index contributed by atoms with van der Waals surface area (Å²) >= 11 is 0. The number of nitrogens with one attached hydrogen (secondary N) is 1. The second-order valence-electron chi connectivity index (χ2n) is 6.41. The van der Waals surface area contributed by atoms with Crippen LogP contribution >= 0.6 is 24.0 Å². The lowest BCUT2D eigenvalue weighted by molar-refractivity contribution is 0.253. The van der Waals surface area contributed by atoms with Gasteiger partial charge < -0.3 is 11.1 Å². The third kappa shape index (κ3) is 6.01. The molecule has 3 rings (SSSR count). The van der Waals surface area contributed by atoms with E-state index < -0.39 is 0 Å². The van der Waals surface area contributed by atoms with Crippen LogP contribution in [-0.4, -0.2) is 30.5 Å². The normalized spacial score (nSPS) is 14.5. The number of hydrogen-bond donors (Lipinski definition) is 2. The average molecular weight is 450 g/mol. The van der Waals surface area contributed by atoms with Gasteiger partial charge in [-0.2, -0.15) is 0 Å². The number of aryl methyl sites for hydroxylation is 1. The van der Waals surface area contributed by atoms with Crippen molar-refractivity contribution in [3.8, 4) is 0 Å². The van der Waals surface area contributed by atoms with E-state index in [1.165, 1.54) is 16.7 Å². The van der Waals surface area contributed by atoms with Crippen LogP contribution in [0.3, 0.4) is 0 Å². The first-order chi connectivity index (χ1) is 11.7. The topological polar surface area (TPSA) is 53.6 Å². The lowest BCUT2D eigenvalue weighted by Crippen LogP contribution is -2.31. The Labute approximate surface area is 167 Å². The molecule has 0 aliphatic carbocycles. The van der Waals surface area contributed by atoms with Crippen molar-refractivity contribution in [2.75, 3.05) is 25.0 Å². The van der Waals surface area contributed by atoms with Crippen LogP contribution in [0, 0.1) is 6.92 Å². The number of halogens is 1. The summed E-state index contributed by atoms with van der Waals surface area (Å²) in [5.41, 5.74) is 11.1. The standard InChI is InChI=1S/C20H26N4.HI/c1-16-6-4-9-19(14-16)23-20(21)22-11-5-12-24-13-10-17-7-2-3-8-18(17)15-24;/h2-4,6-9,14H,5,10-13,15H2,1H3,(H3,21,22,23);1H. The van der Waals surface area contributed by atoms with Crippen molar-refractivity contribution in [1.29, 1.82) is 0 Å². The van der Waals surface area contributed by atoms with Crippen molar-refractivity contribution in [2.45, 2.75) is 26.3 Å². The van der Waals surface area contributed by atoms with E-state index in [2.05, 4.69) is 58.5 Å². The maximum absolute atomic E-state index is 5.96. The molecule has 0 spiro atoms. The van der Waals surface area contributed by atoms with Gasteiger partial charge in [-0.1, -0.05) is 36.4 Å². The number of nitrogens with zero attached hydrogens (tertiary/aromatic N) is 2. The molecule has 4 nitrogen and oxygen atoms in total. The summed E-state index contributed by atoms with van der Waals surface area (Å²) in [5, 5.41) is 3.15. The zero-order valence-corrected chi connectivity index (χ0v) is 17.1. The molecule has 1 aliphatic heterocycles. The minimum absolute atomic E-state index is 0. The van der Waals surface area contributed by atoms with E-state index in [9.17, 15) is 0 Å². The van der Waals surface area contributed by atoms with Gasteiger partial charge in [0.1, 0.15) is 0 Å². The summed E-state index contributed by atoms with van der Waals surface area (Å²) in [5.74, 6) is 0.490. The van der Waals surface area contributed by atoms with Crippen molar-refractivity contribution >= 4 is 35.6 Å². The molecule has 0 aromatic heterocycles. The van der Waals surface area contributed by atoms with Crippen LogP contribution in [0.4, 0.5) is 5.69 Å². The Morgan fingerprint density at radius 1 is 1.16 bits per heavy atom. The summed E-state index contributed by atoms with van der Waals surface area (Å²) in [7, 11) is 0. The van der Waals surface area contributed by atoms with Gasteiger partial charge in [-0.25, -0.2) is 0 Å². The fraction of sp³-hybridized carbons (Fsp3) is 0.350. The highest BCUT2D eigenvalue weighted by molar-refractivity contribution is 14.0. The Kier molecular flexibility index (Phi) is 7.71. The maximum Gasteiger partial charge on any atom is 0.193 e. The van der Waals surface area contributed by atoms with Gasteiger partial charge in [0, 0.05) is 31.9 Å². The predicted molar refractivity (Wildman–Crippen MR) is 117 cm³/mol. The fourth-order valence-corrected chi connectivity index (χ4v) is 3.15. The van der Waals surface area contributed by atoms with Gasteiger partial charge in [0.25, 0.3) is 0 Å². The largest absolute Gasteiger partial charge is 0.370 e. The van der Waals surface area contributed by atoms with Gasteiger partial charge in [-0.15, -0.1) is 24.0 Å². The summed E-state index contributed by atoms with van der Waals surface area (Å²) in [6.45, 7) is 6.07. The summed E-state index contributed by atoms with van der Waals surface area (Å²) < 4.78 is 0. The number of fused-ring (bicyclic) bond motifs is 1. The second kappa shape index (κ2) is 9.77. The fourth-order valence-electron chi connectivity index (χ4n) is 3.15. The quantitative estimate of drug-likeness (QED) is 0.316. The molecule has 0 radical (unpaired) electrons. The average Bonchev–Trinajstić information content (AvgIpc) is 2.58. The van der Waals surface area contributed by atoms with Gasteiger partial charge in [0.05, 0.1) is 0 Å². The molecule has 134 valence electrons. The molecular weight excluding hydrogens is 423 g/mol. The number of aliphatic imine (C=N–C) groups is 1. The van der Waals surface area contributed by atoms with Gasteiger partial charge in [-0.3, -0.25) is 9.89 Å². The molecule has 0 unspecified atom stereocenters. The van der Waals surface area contributed by atoms with Crippen LogP contribution in [0.1, 0.15) is 23.1 Å². The van der Waals surface area contributed by atoms with Crippen molar-refractivity contribution in [3.63, 3.8) is 0 Å². The number of rotatable bonds is 5. The highest BCUT2D eigenvalue weighted by atomic mass is 127. The molecule has 0 atom stereocenters. The molecule has 2 aromatic carbocycles.